The molecule has 0 heterocycles. The predicted molar refractivity (Wildman–Crippen MR) is 76.4 cm³/mol. The molecule has 6 nitrogen and oxygen atoms in total. The average Bonchev–Trinajstić information content (AvgIpc) is 2.37. The molecule has 1 unspecified atom stereocenters. The van der Waals surface area contributed by atoms with E-state index in [1.54, 1.807) is 14.0 Å². The maximum atomic E-state index is 12.1. The zero-order chi connectivity index (χ0) is 15.4. The number of carbonyl (C=O) groups is 1. The Balaban J connectivity index is 3.02. The van der Waals surface area contributed by atoms with Gasteiger partial charge in [-0.15, -0.1) is 0 Å². The second-order valence-electron chi connectivity index (χ2n) is 4.41. The number of hydrogen-bond donors (Lipinski definition) is 1. The van der Waals surface area contributed by atoms with Crippen LogP contribution in [0.5, 0.6) is 0 Å². The monoisotopic (exact) mass is 320 g/mol. The third-order valence-corrected chi connectivity index (χ3v) is 3.47. The van der Waals surface area contributed by atoms with Crippen LogP contribution in [-0.4, -0.2) is 40.5 Å². The van der Waals surface area contributed by atoms with Crippen molar-refractivity contribution >= 4 is 34.8 Å². The molecule has 1 amide bonds. The van der Waals surface area contributed by atoms with E-state index >= 15 is 0 Å². The molecular formula is C12H14Cl2N2O4. The van der Waals surface area contributed by atoms with Gasteiger partial charge >= 0.3 is 0 Å². The first kappa shape index (κ1) is 16.7. The highest BCUT2D eigenvalue weighted by atomic mass is 35.5. The number of hydrogen-bond acceptors (Lipinski definition) is 4. The van der Waals surface area contributed by atoms with E-state index in [9.17, 15) is 20.0 Å². The summed E-state index contributed by atoms with van der Waals surface area (Å²) >= 11 is 11.5. The van der Waals surface area contributed by atoms with Gasteiger partial charge in [-0.05, 0) is 19.4 Å². The van der Waals surface area contributed by atoms with Gasteiger partial charge in [-0.1, -0.05) is 23.2 Å². The van der Waals surface area contributed by atoms with E-state index in [0.717, 1.165) is 6.07 Å². The summed E-state index contributed by atoms with van der Waals surface area (Å²) < 4.78 is 0. The molecule has 1 aromatic rings. The third-order valence-electron chi connectivity index (χ3n) is 2.68. The Morgan fingerprint density at radius 2 is 2.10 bits per heavy atom. The quantitative estimate of drug-likeness (QED) is 0.667. The maximum absolute atomic E-state index is 12.1. The van der Waals surface area contributed by atoms with Crippen LogP contribution in [0, 0.1) is 10.1 Å². The van der Waals surface area contributed by atoms with E-state index in [1.165, 1.54) is 11.0 Å². The van der Waals surface area contributed by atoms with E-state index in [2.05, 4.69) is 0 Å². The average molecular weight is 321 g/mol. The number of aliphatic hydroxyl groups is 1. The standard InChI is InChI=1S/C12H14Cl2N2O4/c1-7(17)3-4-15(2)12(18)8-5-9(13)11(14)10(6-8)16(19)20/h5-7,17H,3-4H2,1-2H3. The number of carbonyl (C=O) groups excluding carboxylic acids is 1. The van der Waals surface area contributed by atoms with Gasteiger partial charge < -0.3 is 10.0 Å². The number of rotatable bonds is 5. The molecule has 20 heavy (non-hydrogen) atoms. The van der Waals surface area contributed by atoms with Crippen molar-refractivity contribution in [2.24, 2.45) is 0 Å². The lowest BCUT2D eigenvalue weighted by Crippen LogP contribution is -2.29. The summed E-state index contributed by atoms with van der Waals surface area (Å²) in [7, 11) is 1.54. The van der Waals surface area contributed by atoms with Crippen LogP contribution < -0.4 is 0 Å². The molecule has 0 saturated heterocycles. The molecule has 1 rings (SSSR count). The van der Waals surface area contributed by atoms with Crippen molar-refractivity contribution in [3.05, 3.63) is 37.9 Å². The number of nitrogens with zero attached hydrogens (tertiary/aromatic N) is 2. The molecule has 0 aliphatic carbocycles. The molecule has 0 fully saturated rings. The van der Waals surface area contributed by atoms with Gasteiger partial charge in [0.15, 0.2) is 0 Å². The molecule has 0 radical (unpaired) electrons. The molecule has 0 aliphatic rings. The second-order valence-corrected chi connectivity index (χ2v) is 5.20. The molecule has 1 aromatic carbocycles. The van der Waals surface area contributed by atoms with Crippen molar-refractivity contribution in [1.29, 1.82) is 0 Å². The molecular weight excluding hydrogens is 307 g/mol. The lowest BCUT2D eigenvalue weighted by molar-refractivity contribution is -0.384. The van der Waals surface area contributed by atoms with Crippen molar-refractivity contribution in [3.8, 4) is 0 Å². The van der Waals surface area contributed by atoms with Crippen molar-refractivity contribution in [2.75, 3.05) is 13.6 Å². The van der Waals surface area contributed by atoms with Gasteiger partial charge in [-0.25, -0.2) is 0 Å². The van der Waals surface area contributed by atoms with E-state index in [4.69, 9.17) is 23.2 Å². The van der Waals surface area contributed by atoms with Crippen molar-refractivity contribution in [2.45, 2.75) is 19.4 Å². The Bertz CT molecular complexity index is 534. The van der Waals surface area contributed by atoms with Crippen LogP contribution in [0.4, 0.5) is 5.69 Å². The first-order valence-corrected chi connectivity index (χ1v) is 6.56. The Kier molecular flexibility index (Phi) is 5.74. The number of benzene rings is 1. The normalized spacial score (nSPS) is 12.1. The molecule has 1 N–H and O–H groups in total. The van der Waals surface area contributed by atoms with Crippen LogP contribution in [0.1, 0.15) is 23.7 Å². The summed E-state index contributed by atoms with van der Waals surface area (Å²) in [4.78, 5) is 23.6. The summed E-state index contributed by atoms with van der Waals surface area (Å²) in [6.07, 6.45) is -0.126. The molecule has 0 bridgehead atoms. The topological polar surface area (TPSA) is 83.7 Å². The Hall–Kier alpha value is -1.37. The molecule has 0 aromatic heterocycles. The van der Waals surface area contributed by atoms with Gasteiger partial charge in [-0.3, -0.25) is 14.9 Å². The second kappa shape index (κ2) is 6.88. The molecule has 0 aliphatic heterocycles. The van der Waals surface area contributed by atoms with Crippen molar-refractivity contribution in [1.82, 2.24) is 4.90 Å². The number of nitro benzene ring substituents is 1. The number of aliphatic hydroxyl groups excluding tert-OH is 1. The lowest BCUT2D eigenvalue weighted by Gasteiger charge is -2.18. The molecule has 8 heteroatoms. The highest BCUT2D eigenvalue weighted by molar-refractivity contribution is 6.43. The molecule has 110 valence electrons. The largest absolute Gasteiger partial charge is 0.393 e. The van der Waals surface area contributed by atoms with E-state index in [0.29, 0.717) is 13.0 Å². The molecule has 1 atom stereocenters. The smallest absolute Gasteiger partial charge is 0.290 e. The molecule has 0 spiro atoms. The van der Waals surface area contributed by atoms with Crippen LogP contribution in [-0.2, 0) is 0 Å². The van der Waals surface area contributed by atoms with Crippen LogP contribution >= 0.6 is 23.2 Å². The Labute approximate surface area is 126 Å². The van der Waals surface area contributed by atoms with Gasteiger partial charge in [0, 0.05) is 25.2 Å². The minimum absolute atomic E-state index is 0.0480. The Morgan fingerprint density at radius 1 is 1.50 bits per heavy atom. The lowest BCUT2D eigenvalue weighted by atomic mass is 10.1. The predicted octanol–water partition coefficient (Wildman–Crippen LogP) is 2.74. The third kappa shape index (κ3) is 4.06. The van der Waals surface area contributed by atoms with Crippen molar-refractivity contribution in [3.63, 3.8) is 0 Å². The van der Waals surface area contributed by atoms with Gasteiger partial charge in [0.2, 0.25) is 0 Å². The number of nitro groups is 1. The minimum Gasteiger partial charge on any atom is -0.393 e. The highest BCUT2D eigenvalue weighted by Crippen LogP contribution is 2.33. The summed E-state index contributed by atoms with van der Waals surface area (Å²) in [6.45, 7) is 1.94. The first-order chi connectivity index (χ1) is 9.23. The molecule has 0 saturated carbocycles. The van der Waals surface area contributed by atoms with Crippen molar-refractivity contribution < 1.29 is 14.8 Å². The number of amides is 1. The summed E-state index contributed by atoms with van der Waals surface area (Å²) in [5.41, 5.74) is -0.328. The summed E-state index contributed by atoms with van der Waals surface area (Å²) in [6, 6.07) is 2.38. The minimum atomic E-state index is -0.694. The van der Waals surface area contributed by atoms with E-state index in [1.807, 2.05) is 0 Å². The van der Waals surface area contributed by atoms with Gasteiger partial charge in [0.05, 0.1) is 16.0 Å². The summed E-state index contributed by atoms with van der Waals surface area (Å²) in [5, 5.41) is 19.8. The Morgan fingerprint density at radius 3 is 2.60 bits per heavy atom. The van der Waals surface area contributed by atoms with Gasteiger partial charge in [0.25, 0.3) is 11.6 Å². The highest BCUT2D eigenvalue weighted by Gasteiger charge is 2.21. The van der Waals surface area contributed by atoms with Gasteiger partial charge in [-0.2, -0.15) is 0 Å². The van der Waals surface area contributed by atoms with E-state index < -0.39 is 22.6 Å². The van der Waals surface area contributed by atoms with Crippen LogP contribution in [0.2, 0.25) is 10.0 Å². The van der Waals surface area contributed by atoms with Crippen LogP contribution in [0.3, 0.4) is 0 Å². The fourth-order valence-corrected chi connectivity index (χ4v) is 1.93. The zero-order valence-corrected chi connectivity index (χ0v) is 12.5. The summed E-state index contributed by atoms with van der Waals surface area (Å²) in [5.74, 6) is -0.424. The van der Waals surface area contributed by atoms with Gasteiger partial charge in [0.1, 0.15) is 5.02 Å². The number of halogens is 2. The fourth-order valence-electron chi connectivity index (χ4n) is 1.53. The van der Waals surface area contributed by atoms with E-state index in [-0.39, 0.29) is 15.6 Å². The van der Waals surface area contributed by atoms with Crippen LogP contribution in [0.25, 0.3) is 0 Å². The SMILES string of the molecule is CC(O)CCN(C)C(=O)c1cc(Cl)c(Cl)c([N+](=O)[O-])c1. The first-order valence-electron chi connectivity index (χ1n) is 5.81. The van der Waals surface area contributed by atoms with Crippen LogP contribution in [0.15, 0.2) is 12.1 Å². The fraction of sp³-hybridized carbons (Fsp3) is 0.417. The zero-order valence-electron chi connectivity index (χ0n) is 11.0. The maximum Gasteiger partial charge on any atom is 0.290 e.